The van der Waals surface area contributed by atoms with Crippen LogP contribution in [0.3, 0.4) is 0 Å². The molecule has 0 spiro atoms. The van der Waals surface area contributed by atoms with Crippen molar-refractivity contribution in [3.63, 3.8) is 0 Å². The van der Waals surface area contributed by atoms with Crippen LogP contribution in [0.1, 0.15) is 12.2 Å². The highest BCUT2D eigenvalue weighted by atomic mass is 35.5. The van der Waals surface area contributed by atoms with Crippen LogP contribution in [-0.4, -0.2) is 41.0 Å². The molecule has 116 valence electrons. The highest BCUT2D eigenvalue weighted by molar-refractivity contribution is 6.31. The van der Waals surface area contributed by atoms with Gasteiger partial charge in [0.1, 0.15) is 5.82 Å². The number of aromatic nitrogens is 2. The summed E-state index contributed by atoms with van der Waals surface area (Å²) in [5.41, 5.74) is 0.598. The minimum absolute atomic E-state index is 0.111. The Bertz CT molecular complexity index is 759. The molecule has 2 unspecified atom stereocenters. The van der Waals surface area contributed by atoms with E-state index in [1.807, 2.05) is 6.07 Å². The molecule has 6 heteroatoms. The lowest BCUT2D eigenvalue weighted by atomic mass is 9.89. The molecule has 5 nitrogen and oxygen atoms in total. The minimum Gasteiger partial charge on any atom is -0.316 e. The van der Waals surface area contributed by atoms with Gasteiger partial charge in [-0.15, -0.1) is 0 Å². The number of rotatable bonds is 2. The smallest absolute Gasteiger partial charge is 0.258 e. The topological polar surface area (TPSA) is 61.0 Å². The van der Waals surface area contributed by atoms with E-state index in [9.17, 15) is 4.79 Å². The van der Waals surface area contributed by atoms with Gasteiger partial charge >= 0.3 is 0 Å². The van der Waals surface area contributed by atoms with Gasteiger partial charge in [-0.25, -0.2) is 4.98 Å². The molecule has 0 saturated carbocycles. The highest BCUT2D eigenvalue weighted by Crippen LogP contribution is 2.27. The van der Waals surface area contributed by atoms with E-state index in [-0.39, 0.29) is 5.56 Å². The first-order chi connectivity index (χ1) is 10.7. The van der Waals surface area contributed by atoms with E-state index in [1.54, 1.807) is 12.1 Å². The Labute approximate surface area is 133 Å². The third-order valence-electron chi connectivity index (χ3n) is 4.88. The maximum absolute atomic E-state index is 12.2. The number of hydrogen-bond donors (Lipinski definition) is 2. The lowest BCUT2D eigenvalue weighted by Gasteiger charge is -2.34. The number of H-pyrrole nitrogens is 1. The molecule has 3 heterocycles. The monoisotopic (exact) mass is 318 g/mol. The molecule has 2 saturated heterocycles. The maximum atomic E-state index is 12.2. The van der Waals surface area contributed by atoms with E-state index in [2.05, 4.69) is 20.2 Å². The molecule has 0 aliphatic carbocycles. The second-order valence-corrected chi connectivity index (χ2v) is 6.81. The normalized spacial score (nSPS) is 25.5. The molecule has 22 heavy (non-hydrogen) atoms. The SMILES string of the molecule is O=c1[nH]c(CN2CCC3CNCC3C2)nc2ccc(Cl)cc12. The second kappa shape index (κ2) is 5.65. The zero-order chi connectivity index (χ0) is 15.1. The van der Waals surface area contributed by atoms with E-state index in [0.29, 0.717) is 22.5 Å². The zero-order valence-corrected chi connectivity index (χ0v) is 13.1. The Morgan fingerprint density at radius 1 is 1.32 bits per heavy atom. The molecule has 2 fully saturated rings. The van der Waals surface area contributed by atoms with Crippen molar-refractivity contribution < 1.29 is 0 Å². The molecule has 0 bridgehead atoms. The number of nitrogens with one attached hydrogen (secondary N) is 2. The molecular formula is C16H19ClN4O. The summed E-state index contributed by atoms with van der Waals surface area (Å²) >= 11 is 5.94. The molecule has 2 aliphatic heterocycles. The van der Waals surface area contributed by atoms with Crippen molar-refractivity contribution in [1.82, 2.24) is 20.2 Å². The van der Waals surface area contributed by atoms with E-state index >= 15 is 0 Å². The fourth-order valence-corrected chi connectivity index (χ4v) is 3.87. The summed E-state index contributed by atoms with van der Waals surface area (Å²) in [5, 5.41) is 4.58. The van der Waals surface area contributed by atoms with Crippen LogP contribution < -0.4 is 10.9 Å². The number of piperidine rings is 1. The largest absolute Gasteiger partial charge is 0.316 e. The number of fused-ring (bicyclic) bond motifs is 2. The van der Waals surface area contributed by atoms with Gasteiger partial charge in [-0.05, 0) is 56.1 Å². The van der Waals surface area contributed by atoms with Crippen LogP contribution in [0.2, 0.25) is 5.02 Å². The summed E-state index contributed by atoms with van der Waals surface area (Å²) in [5.74, 6) is 2.30. The predicted molar refractivity (Wildman–Crippen MR) is 87.1 cm³/mol. The molecule has 0 radical (unpaired) electrons. The molecule has 2 aromatic rings. The summed E-state index contributed by atoms with van der Waals surface area (Å²) < 4.78 is 0. The van der Waals surface area contributed by atoms with Crippen LogP contribution in [0.5, 0.6) is 0 Å². The molecule has 2 aliphatic rings. The molecule has 1 aromatic heterocycles. The second-order valence-electron chi connectivity index (χ2n) is 6.38. The third-order valence-corrected chi connectivity index (χ3v) is 5.11. The van der Waals surface area contributed by atoms with Crippen molar-refractivity contribution in [2.24, 2.45) is 11.8 Å². The minimum atomic E-state index is -0.111. The fourth-order valence-electron chi connectivity index (χ4n) is 3.70. The zero-order valence-electron chi connectivity index (χ0n) is 12.3. The van der Waals surface area contributed by atoms with Crippen molar-refractivity contribution >= 4 is 22.5 Å². The average molecular weight is 319 g/mol. The molecule has 0 amide bonds. The molecule has 1 aromatic carbocycles. The summed E-state index contributed by atoms with van der Waals surface area (Å²) in [6.07, 6.45) is 1.23. The molecule has 4 rings (SSSR count). The quantitative estimate of drug-likeness (QED) is 0.883. The van der Waals surface area contributed by atoms with Gasteiger partial charge in [0, 0.05) is 11.6 Å². The third kappa shape index (κ3) is 2.64. The van der Waals surface area contributed by atoms with Gasteiger partial charge in [0.2, 0.25) is 0 Å². The van der Waals surface area contributed by atoms with E-state index in [1.165, 1.54) is 6.42 Å². The van der Waals surface area contributed by atoms with Crippen LogP contribution in [0.25, 0.3) is 10.9 Å². The number of likely N-dealkylation sites (tertiary alicyclic amines) is 1. The van der Waals surface area contributed by atoms with Crippen molar-refractivity contribution in [2.75, 3.05) is 26.2 Å². The van der Waals surface area contributed by atoms with Crippen LogP contribution in [0, 0.1) is 11.8 Å². The van der Waals surface area contributed by atoms with Crippen LogP contribution in [0.4, 0.5) is 0 Å². The van der Waals surface area contributed by atoms with Crippen LogP contribution in [0.15, 0.2) is 23.0 Å². The van der Waals surface area contributed by atoms with Gasteiger partial charge in [-0.3, -0.25) is 9.69 Å². The van der Waals surface area contributed by atoms with E-state index < -0.39 is 0 Å². The van der Waals surface area contributed by atoms with E-state index in [4.69, 9.17) is 11.6 Å². The van der Waals surface area contributed by atoms with Crippen molar-refractivity contribution in [3.05, 3.63) is 39.4 Å². The number of halogens is 1. The van der Waals surface area contributed by atoms with Crippen molar-refractivity contribution in [1.29, 1.82) is 0 Å². The van der Waals surface area contributed by atoms with Gasteiger partial charge in [-0.2, -0.15) is 0 Å². The Morgan fingerprint density at radius 3 is 3.09 bits per heavy atom. The van der Waals surface area contributed by atoms with Crippen LogP contribution in [-0.2, 0) is 6.54 Å². The highest BCUT2D eigenvalue weighted by Gasteiger charge is 2.32. The van der Waals surface area contributed by atoms with Gasteiger partial charge < -0.3 is 10.3 Å². The standard InChI is InChI=1S/C16H19ClN4O/c17-12-1-2-14-13(5-12)16(22)20-15(19-14)9-21-4-3-10-6-18-7-11(10)8-21/h1-2,5,10-11,18H,3-4,6-9H2,(H,19,20,22). The Hall–Kier alpha value is -1.43. The summed E-state index contributed by atoms with van der Waals surface area (Å²) in [6.45, 7) is 5.13. The van der Waals surface area contributed by atoms with Crippen LogP contribution >= 0.6 is 11.6 Å². The lowest BCUT2D eigenvalue weighted by molar-refractivity contribution is 0.139. The predicted octanol–water partition coefficient (Wildman–Crippen LogP) is 1.62. The Morgan fingerprint density at radius 2 is 2.18 bits per heavy atom. The summed E-state index contributed by atoms with van der Waals surface area (Å²) in [6, 6.07) is 5.25. The molecule has 2 N–H and O–H groups in total. The van der Waals surface area contributed by atoms with E-state index in [0.717, 1.165) is 43.8 Å². The maximum Gasteiger partial charge on any atom is 0.258 e. The summed E-state index contributed by atoms with van der Waals surface area (Å²) in [7, 11) is 0. The first-order valence-corrected chi connectivity index (χ1v) is 8.18. The fraction of sp³-hybridized carbons (Fsp3) is 0.500. The Kier molecular flexibility index (Phi) is 3.64. The first-order valence-electron chi connectivity index (χ1n) is 7.80. The number of hydrogen-bond acceptors (Lipinski definition) is 4. The number of benzene rings is 1. The van der Waals surface area contributed by atoms with Gasteiger partial charge in [-0.1, -0.05) is 11.6 Å². The number of nitrogens with zero attached hydrogens (tertiary/aromatic N) is 2. The van der Waals surface area contributed by atoms with Crippen molar-refractivity contribution in [2.45, 2.75) is 13.0 Å². The molecular weight excluding hydrogens is 300 g/mol. The number of aromatic amines is 1. The van der Waals surface area contributed by atoms with Gasteiger partial charge in [0.25, 0.3) is 5.56 Å². The van der Waals surface area contributed by atoms with Crippen molar-refractivity contribution in [3.8, 4) is 0 Å². The van der Waals surface area contributed by atoms with Gasteiger partial charge in [0.05, 0.1) is 17.4 Å². The Balaban J connectivity index is 1.57. The summed E-state index contributed by atoms with van der Waals surface area (Å²) in [4.78, 5) is 22.1. The average Bonchev–Trinajstić information content (AvgIpc) is 2.96. The lowest BCUT2D eigenvalue weighted by Crippen LogP contribution is -2.40. The van der Waals surface area contributed by atoms with Gasteiger partial charge in [0.15, 0.2) is 0 Å². The molecule has 2 atom stereocenters. The first kappa shape index (κ1) is 14.2.